The first-order valence-corrected chi connectivity index (χ1v) is 10.6. The number of hydrogen-bond acceptors (Lipinski definition) is 4. The molecule has 1 aliphatic carbocycles. The fraction of sp³-hybridized carbons (Fsp3) is 0.375. The zero-order valence-corrected chi connectivity index (χ0v) is 18.0. The number of rotatable bonds is 4. The van der Waals surface area contributed by atoms with E-state index >= 15 is 0 Å². The first-order valence-electron chi connectivity index (χ1n) is 10.6. The highest BCUT2D eigenvalue weighted by Gasteiger charge is 2.27. The van der Waals surface area contributed by atoms with Crippen molar-refractivity contribution in [3.63, 3.8) is 0 Å². The molecule has 6 N–H and O–H groups in total. The van der Waals surface area contributed by atoms with Crippen LogP contribution in [-0.4, -0.2) is 34.0 Å². The molecule has 1 saturated heterocycles. The van der Waals surface area contributed by atoms with E-state index in [4.69, 9.17) is 11.5 Å². The predicted octanol–water partition coefficient (Wildman–Crippen LogP) is 4.46. The Kier molecular flexibility index (Phi) is 8.59. The van der Waals surface area contributed by atoms with Crippen molar-refractivity contribution in [2.24, 2.45) is 5.73 Å². The largest absolute Gasteiger partial charge is 0.507 e. The molecule has 4 rings (SSSR count). The molecule has 30 heavy (non-hydrogen) atoms. The third-order valence-electron chi connectivity index (χ3n) is 5.11. The van der Waals surface area contributed by atoms with E-state index in [9.17, 15) is 9.90 Å². The number of nitrogen functional groups attached to an aromatic ring is 1. The van der Waals surface area contributed by atoms with Gasteiger partial charge < -0.3 is 26.5 Å². The second kappa shape index (κ2) is 11.1. The first-order chi connectivity index (χ1) is 14.5. The van der Waals surface area contributed by atoms with Crippen molar-refractivity contribution in [2.45, 2.75) is 45.4 Å². The number of aromatic hydroxyl groups is 1. The summed E-state index contributed by atoms with van der Waals surface area (Å²) in [5.74, 6) is 1.48. The molecule has 6 nitrogen and oxygen atoms in total. The van der Waals surface area contributed by atoms with Gasteiger partial charge in [0.15, 0.2) is 0 Å². The number of carbonyl (C=O) groups excluding carboxylic acids is 1. The number of para-hydroxylation sites is 1. The van der Waals surface area contributed by atoms with Crippen LogP contribution in [0, 0.1) is 0 Å². The molecule has 6 heteroatoms. The van der Waals surface area contributed by atoms with Crippen molar-refractivity contribution in [1.82, 2.24) is 9.88 Å². The summed E-state index contributed by atoms with van der Waals surface area (Å²) < 4.78 is 0. The van der Waals surface area contributed by atoms with Crippen molar-refractivity contribution in [3.05, 3.63) is 59.8 Å². The van der Waals surface area contributed by atoms with Gasteiger partial charge in [0, 0.05) is 36.1 Å². The monoisotopic (exact) mass is 410 g/mol. The lowest BCUT2D eigenvalue weighted by molar-refractivity contribution is -0.124. The minimum absolute atomic E-state index is 0.0764. The van der Waals surface area contributed by atoms with Crippen molar-refractivity contribution in [3.8, 4) is 5.75 Å². The van der Waals surface area contributed by atoms with Gasteiger partial charge in [-0.2, -0.15) is 0 Å². The molecule has 1 aromatic heterocycles. The Morgan fingerprint density at radius 2 is 1.87 bits per heavy atom. The second-order valence-corrected chi connectivity index (χ2v) is 7.20. The maximum absolute atomic E-state index is 10.8. The van der Waals surface area contributed by atoms with Crippen LogP contribution in [0.25, 0.3) is 11.8 Å². The Balaban J connectivity index is 0.000000245. The molecular weight excluding hydrogens is 376 g/mol. The van der Waals surface area contributed by atoms with Gasteiger partial charge in [0.25, 0.3) is 0 Å². The van der Waals surface area contributed by atoms with Crippen LogP contribution in [0.4, 0.5) is 5.82 Å². The van der Waals surface area contributed by atoms with Crippen LogP contribution in [0.1, 0.15) is 62.1 Å². The smallest absolute Gasteiger partial charge is 0.245 e. The molecule has 0 spiro atoms. The topological polar surface area (TPSA) is 108 Å². The molecule has 2 aliphatic rings. The van der Waals surface area contributed by atoms with E-state index in [1.807, 2.05) is 37.1 Å². The number of aromatic nitrogens is 1. The summed E-state index contributed by atoms with van der Waals surface area (Å²) in [5.41, 5.74) is 15.3. The summed E-state index contributed by atoms with van der Waals surface area (Å²) in [6.45, 7) is 9.26. The lowest BCUT2D eigenvalue weighted by Gasteiger charge is -2.10. The third-order valence-corrected chi connectivity index (χ3v) is 5.11. The molecule has 1 aromatic carbocycles. The molecule has 0 radical (unpaired) electrons. The summed E-state index contributed by atoms with van der Waals surface area (Å²) in [6.07, 6.45) is 9.89. The maximum atomic E-state index is 10.8. The highest BCUT2D eigenvalue weighted by Crippen LogP contribution is 2.43. The van der Waals surface area contributed by atoms with E-state index in [2.05, 4.69) is 11.6 Å². The summed E-state index contributed by atoms with van der Waals surface area (Å²) in [5, 5.41) is 9.81. The molecule has 1 aliphatic heterocycles. The fourth-order valence-electron chi connectivity index (χ4n) is 3.38. The number of likely N-dealkylation sites (tertiary alicyclic amines) is 1. The van der Waals surface area contributed by atoms with Gasteiger partial charge in [0.1, 0.15) is 11.6 Å². The van der Waals surface area contributed by atoms with E-state index in [-0.39, 0.29) is 11.7 Å². The Bertz CT molecular complexity index is 875. The number of amides is 1. The number of phenols is 1. The highest BCUT2D eigenvalue weighted by molar-refractivity contribution is 5.87. The highest BCUT2D eigenvalue weighted by atomic mass is 16.3. The lowest BCUT2D eigenvalue weighted by Crippen LogP contribution is -2.25. The van der Waals surface area contributed by atoms with Gasteiger partial charge in [-0.15, -0.1) is 0 Å². The van der Waals surface area contributed by atoms with Crippen LogP contribution < -0.4 is 11.5 Å². The Hall–Kier alpha value is -3.15. The summed E-state index contributed by atoms with van der Waals surface area (Å²) in [7, 11) is 0. The maximum Gasteiger partial charge on any atom is 0.245 e. The van der Waals surface area contributed by atoms with Gasteiger partial charge in [-0.1, -0.05) is 32.6 Å². The number of anilines is 1. The van der Waals surface area contributed by atoms with Crippen molar-refractivity contribution < 1.29 is 9.90 Å². The Morgan fingerprint density at radius 3 is 2.43 bits per heavy atom. The zero-order chi connectivity index (χ0) is 22.1. The molecule has 0 unspecified atom stereocenters. The van der Waals surface area contributed by atoms with Crippen LogP contribution >= 0.6 is 0 Å². The van der Waals surface area contributed by atoms with Gasteiger partial charge in [0.2, 0.25) is 5.91 Å². The van der Waals surface area contributed by atoms with E-state index in [1.54, 1.807) is 18.2 Å². The molecule has 1 saturated carbocycles. The van der Waals surface area contributed by atoms with Gasteiger partial charge in [0.05, 0.1) is 0 Å². The van der Waals surface area contributed by atoms with Crippen molar-refractivity contribution >= 4 is 23.5 Å². The van der Waals surface area contributed by atoms with E-state index < -0.39 is 0 Å². The van der Waals surface area contributed by atoms with E-state index in [0.717, 1.165) is 31.5 Å². The van der Waals surface area contributed by atoms with Crippen LogP contribution in [-0.2, 0) is 4.79 Å². The number of hydrogen-bond donors (Lipinski definition) is 4. The number of H-pyrrole nitrogens is 1. The Labute approximate surface area is 179 Å². The van der Waals surface area contributed by atoms with Gasteiger partial charge in [-0.05, 0) is 61.4 Å². The van der Waals surface area contributed by atoms with Crippen LogP contribution in [0.2, 0.25) is 0 Å². The summed E-state index contributed by atoms with van der Waals surface area (Å²) in [4.78, 5) is 15.7. The third kappa shape index (κ3) is 5.92. The van der Waals surface area contributed by atoms with Crippen LogP contribution in [0.5, 0.6) is 5.75 Å². The number of phenolic OH excluding ortho intramolecular Hbond substituents is 1. The van der Waals surface area contributed by atoms with Crippen molar-refractivity contribution in [1.29, 1.82) is 0 Å². The van der Waals surface area contributed by atoms with Crippen LogP contribution in [0.15, 0.2) is 43.1 Å². The molecule has 162 valence electrons. The minimum atomic E-state index is 0.0764. The van der Waals surface area contributed by atoms with Gasteiger partial charge >= 0.3 is 0 Å². The minimum Gasteiger partial charge on any atom is -0.507 e. The first kappa shape index (κ1) is 23.1. The number of carbonyl (C=O) groups is 1. The molecule has 2 fully saturated rings. The summed E-state index contributed by atoms with van der Waals surface area (Å²) in [6, 6.07) is 7.03. The molecule has 0 atom stereocenters. The van der Waals surface area contributed by atoms with E-state index in [0.29, 0.717) is 23.0 Å². The lowest BCUT2D eigenvalue weighted by atomic mass is 10.0. The quantitative estimate of drug-likeness (QED) is 0.558. The van der Waals surface area contributed by atoms with Crippen molar-refractivity contribution in [2.75, 3.05) is 18.8 Å². The Morgan fingerprint density at radius 1 is 1.23 bits per heavy atom. The molecule has 2 heterocycles. The number of nitrogens with zero attached hydrogens (tertiary/aromatic N) is 1. The average molecular weight is 411 g/mol. The second-order valence-electron chi connectivity index (χ2n) is 7.20. The SMILES string of the molecule is C=CC(=O)N1CCCC1.CC.N/C(=C\c1c(C2CC2)c[nH]c1N)c1ccccc1O. The number of aromatic amines is 1. The normalized spacial score (nSPS) is 15.5. The summed E-state index contributed by atoms with van der Waals surface area (Å²) >= 11 is 0. The number of benzene rings is 1. The zero-order valence-electron chi connectivity index (χ0n) is 18.0. The number of nitrogens with one attached hydrogen (secondary N) is 1. The van der Waals surface area contributed by atoms with Gasteiger partial charge in [-0.25, -0.2) is 0 Å². The standard InChI is InChI=1S/C15H17N3O.C7H11NO.C2H6/c16-13(10-3-1-2-4-14(10)19)7-11-12(9-5-6-9)8-18-15(11)17;1-2-7(9)8-5-3-4-6-8;1-2/h1-4,7-9,18-19H,5-6,16-17H2;2H,1,3-6H2;1-2H3/b13-7-;;. The molecule has 1 amide bonds. The van der Waals surface area contributed by atoms with Crippen LogP contribution in [0.3, 0.4) is 0 Å². The van der Waals surface area contributed by atoms with Gasteiger partial charge in [-0.3, -0.25) is 4.79 Å². The molecule has 0 bridgehead atoms. The fourth-order valence-corrected chi connectivity index (χ4v) is 3.38. The average Bonchev–Trinajstić information content (AvgIpc) is 3.33. The number of nitrogens with two attached hydrogens (primary N) is 2. The predicted molar refractivity (Wildman–Crippen MR) is 125 cm³/mol. The van der Waals surface area contributed by atoms with E-state index in [1.165, 1.54) is 24.5 Å². The molecule has 2 aromatic rings. The molecular formula is C24H34N4O2.